The summed E-state index contributed by atoms with van der Waals surface area (Å²) in [5.74, 6) is 0. The topological polar surface area (TPSA) is 98.4 Å². The van der Waals surface area contributed by atoms with E-state index in [1.807, 2.05) is 0 Å². The number of phosphoric acid groups is 1. The Morgan fingerprint density at radius 1 is 0.760 bits per heavy atom. The molecule has 25 heavy (non-hydrogen) atoms. The Bertz CT molecular complexity index is 315. The van der Waals surface area contributed by atoms with Gasteiger partial charge in [-0.2, -0.15) is 0 Å². The van der Waals surface area contributed by atoms with E-state index in [1.54, 1.807) is 0 Å². The normalized spacial score (nSPS) is 12.8. The minimum atomic E-state index is -4.94. The Balaban J connectivity index is 0. The predicted molar refractivity (Wildman–Crippen MR) is 102 cm³/mol. The fourth-order valence-electron chi connectivity index (χ4n) is 2.94. The molecule has 0 aromatic carbocycles. The van der Waals surface area contributed by atoms with Crippen molar-refractivity contribution in [2.45, 2.75) is 116 Å². The second-order valence-electron chi connectivity index (χ2n) is 6.83. The summed E-state index contributed by atoms with van der Waals surface area (Å²) in [5, 5.41) is 0. The maximum atomic E-state index is 10.4. The van der Waals surface area contributed by atoms with E-state index in [4.69, 9.17) is 5.73 Å². The molecule has 1 unspecified atom stereocenters. The van der Waals surface area contributed by atoms with Crippen molar-refractivity contribution >= 4 is 45.6 Å². The molecule has 0 saturated carbocycles. The van der Waals surface area contributed by atoms with Crippen molar-refractivity contribution in [3.8, 4) is 0 Å². The van der Waals surface area contributed by atoms with Gasteiger partial charge in [0.2, 0.25) is 0 Å². The van der Waals surface area contributed by atoms with Crippen molar-refractivity contribution in [2.24, 2.45) is 5.73 Å². The number of hydrogen-bond acceptors (Lipinski definition) is 5. The molecule has 7 heteroatoms. The number of hydrogen-bond donors (Lipinski definition) is 1. The van der Waals surface area contributed by atoms with Gasteiger partial charge >= 0.3 is 37.7 Å². The summed E-state index contributed by atoms with van der Waals surface area (Å²) in [7, 11) is -4.94. The van der Waals surface area contributed by atoms with E-state index in [-0.39, 0.29) is 37.7 Å². The van der Waals surface area contributed by atoms with E-state index in [2.05, 4.69) is 11.4 Å². The van der Waals surface area contributed by atoms with E-state index in [1.165, 1.54) is 77.0 Å². The third-order valence-corrected chi connectivity index (χ3v) is 4.89. The SMILES string of the molecule is CCCCCCCCCCCCCCCCCC(N)OP(=O)([O-])[O-].[Ca+2]. The third kappa shape index (κ3) is 25.3. The van der Waals surface area contributed by atoms with Crippen LogP contribution in [0, 0.1) is 0 Å². The first-order valence-corrected chi connectivity index (χ1v) is 11.4. The summed E-state index contributed by atoms with van der Waals surface area (Å²) in [6.07, 6.45) is 18.6. The van der Waals surface area contributed by atoms with Crippen LogP contribution < -0.4 is 15.5 Å². The molecule has 2 N–H and O–H groups in total. The van der Waals surface area contributed by atoms with Gasteiger partial charge in [-0.15, -0.1) is 0 Å². The number of nitrogens with two attached hydrogens (primary N) is 1. The summed E-state index contributed by atoms with van der Waals surface area (Å²) in [6.45, 7) is 2.26. The Morgan fingerprint density at radius 2 is 1.08 bits per heavy atom. The molecule has 146 valence electrons. The minimum absolute atomic E-state index is 0. The van der Waals surface area contributed by atoms with Crippen molar-refractivity contribution < 1.29 is 18.9 Å². The van der Waals surface area contributed by atoms with E-state index < -0.39 is 14.1 Å². The first-order chi connectivity index (χ1) is 11.5. The summed E-state index contributed by atoms with van der Waals surface area (Å²) in [4.78, 5) is 20.7. The molecule has 5 nitrogen and oxygen atoms in total. The van der Waals surface area contributed by atoms with Crippen LogP contribution in [-0.4, -0.2) is 44.0 Å². The van der Waals surface area contributed by atoms with Gasteiger partial charge in [0.05, 0.1) is 7.82 Å². The molecule has 0 amide bonds. The molecule has 0 aromatic rings. The molecule has 0 aromatic heterocycles. The summed E-state index contributed by atoms with van der Waals surface area (Å²) in [5.41, 5.74) is 5.42. The van der Waals surface area contributed by atoms with E-state index in [9.17, 15) is 14.4 Å². The molecule has 0 heterocycles. The van der Waals surface area contributed by atoms with Crippen LogP contribution in [-0.2, 0) is 9.09 Å². The average molecular weight is 404 g/mol. The Labute approximate surface area is 185 Å². The van der Waals surface area contributed by atoms with Crippen molar-refractivity contribution in [3.05, 3.63) is 0 Å². The molecule has 0 fully saturated rings. The molecule has 0 aliphatic carbocycles. The zero-order valence-corrected chi connectivity index (χ0v) is 19.4. The van der Waals surface area contributed by atoms with Crippen LogP contribution in [0.5, 0.6) is 0 Å². The van der Waals surface area contributed by atoms with Crippen LogP contribution in [0.2, 0.25) is 0 Å². The number of phosphoric ester groups is 1. The van der Waals surface area contributed by atoms with Gasteiger partial charge < -0.3 is 24.6 Å². The van der Waals surface area contributed by atoms with Gasteiger partial charge in [-0.05, 0) is 12.8 Å². The van der Waals surface area contributed by atoms with Crippen LogP contribution >= 0.6 is 7.82 Å². The van der Waals surface area contributed by atoms with Crippen LogP contribution in [0.15, 0.2) is 0 Å². The van der Waals surface area contributed by atoms with Crippen molar-refractivity contribution in [1.82, 2.24) is 0 Å². The van der Waals surface area contributed by atoms with Crippen LogP contribution in [0.25, 0.3) is 0 Å². The van der Waals surface area contributed by atoms with Gasteiger partial charge in [-0.3, -0.25) is 0 Å². The third-order valence-electron chi connectivity index (χ3n) is 4.36. The van der Waals surface area contributed by atoms with Crippen LogP contribution in [0.3, 0.4) is 0 Å². The van der Waals surface area contributed by atoms with Gasteiger partial charge in [-0.1, -0.05) is 96.8 Å². The van der Waals surface area contributed by atoms with Crippen molar-refractivity contribution in [2.75, 3.05) is 0 Å². The van der Waals surface area contributed by atoms with Gasteiger partial charge in [0.15, 0.2) is 0 Å². The molecule has 1 atom stereocenters. The fraction of sp³-hybridized carbons (Fsp3) is 1.00. The molecule has 0 radical (unpaired) electrons. The fourth-order valence-corrected chi connectivity index (χ4v) is 3.37. The van der Waals surface area contributed by atoms with E-state index in [0.717, 1.165) is 19.3 Å². The van der Waals surface area contributed by atoms with Crippen molar-refractivity contribution in [1.29, 1.82) is 0 Å². The minimum Gasteiger partial charge on any atom is -0.790 e. The largest absolute Gasteiger partial charge is 2.00 e. The van der Waals surface area contributed by atoms with Gasteiger partial charge in [0.1, 0.15) is 6.23 Å². The second-order valence-corrected chi connectivity index (χ2v) is 7.93. The monoisotopic (exact) mass is 403 g/mol. The van der Waals surface area contributed by atoms with E-state index in [0.29, 0.717) is 6.42 Å². The van der Waals surface area contributed by atoms with Gasteiger partial charge in [0.25, 0.3) is 0 Å². The molecule has 0 bridgehead atoms. The summed E-state index contributed by atoms with van der Waals surface area (Å²) in [6, 6.07) is 0. The standard InChI is InChI=1S/C18H40NO4P.Ca/c1-2-3-4-5-6-7-8-9-10-11-12-13-14-15-16-17-18(19)23-24(20,21)22;/h18H,2-17,19H2,1H3,(H2,20,21,22);/q;+2/p-2. The maximum absolute atomic E-state index is 10.4. The molecule has 0 rings (SSSR count). The number of rotatable bonds is 18. The molecule has 0 aliphatic rings. The first kappa shape index (κ1) is 28.5. The zero-order chi connectivity index (χ0) is 18.1. The second kappa shape index (κ2) is 20.1. The smallest absolute Gasteiger partial charge is 0.790 e. The summed E-state index contributed by atoms with van der Waals surface area (Å²) < 4.78 is 14.6. The molecule has 0 saturated heterocycles. The van der Waals surface area contributed by atoms with Crippen molar-refractivity contribution in [3.63, 3.8) is 0 Å². The predicted octanol–water partition coefficient (Wildman–Crippen LogP) is 4.00. The quantitative estimate of drug-likeness (QED) is 0.161. The van der Waals surface area contributed by atoms with Gasteiger partial charge in [-0.25, -0.2) is 0 Å². The van der Waals surface area contributed by atoms with Crippen LogP contribution in [0.4, 0.5) is 0 Å². The zero-order valence-electron chi connectivity index (χ0n) is 16.3. The number of unbranched alkanes of at least 4 members (excludes halogenated alkanes) is 14. The Hall–Kier alpha value is 1.33. The first-order valence-electron chi connectivity index (χ1n) is 9.91. The van der Waals surface area contributed by atoms with Crippen LogP contribution in [0.1, 0.15) is 110 Å². The summed E-state index contributed by atoms with van der Waals surface area (Å²) >= 11 is 0. The van der Waals surface area contributed by atoms with E-state index >= 15 is 0 Å². The molecule has 0 spiro atoms. The molecule has 0 aliphatic heterocycles. The Morgan fingerprint density at radius 3 is 1.40 bits per heavy atom. The maximum Gasteiger partial charge on any atom is 2.00 e. The average Bonchev–Trinajstić information content (AvgIpc) is 2.49. The van der Waals surface area contributed by atoms with Gasteiger partial charge in [0, 0.05) is 0 Å². The molecular weight excluding hydrogens is 365 g/mol. The molecular formula is C18H38CaNO4P. The Kier molecular flexibility index (Phi) is 22.9.